The first-order chi connectivity index (χ1) is 4.83. The highest BCUT2D eigenvalue weighted by molar-refractivity contribution is 5.33. The minimum atomic E-state index is 0.603. The van der Waals surface area contributed by atoms with Gasteiger partial charge in [0.1, 0.15) is 5.76 Å². The first-order valence-electron chi connectivity index (χ1n) is 3.20. The molecule has 1 aromatic heterocycles. The number of nitrogens with zero attached hydrogens (tertiary/aromatic N) is 1. The Balaban J connectivity index is 2.42. The van der Waals surface area contributed by atoms with Gasteiger partial charge < -0.3 is 15.6 Å². The maximum atomic E-state index is 5.26. The Labute approximate surface area is 59.4 Å². The third-order valence-corrected chi connectivity index (χ3v) is 1.08. The van der Waals surface area contributed by atoms with E-state index < -0.39 is 0 Å². The summed E-state index contributed by atoms with van der Waals surface area (Å²) in [6.07, 6.45) is 0. The number of aromatic nitrogens is 1. The zero-order chi connectivity index (χ0) is 7.40. The lowest BCUT2D eigenvalue weighted by Gasteiger charge is -1.95. The molecule has 0 saturated carbocycles. The Morgan fingerprint density at radius 3 is 3.10 bits per heavy atom. The van der Waals surface area contributed by atoms with Gasteiger partial charge in [-0.05, 0) is 6.92 Å². The molecule has 1 aromatic rings. The number of nitrogens with two attached hydrogens (primary N) is 1. The van der Waals surface area contributed by atoms with Gasteiger partial charge in [-0.25, -0.2) is 0 Å². The van der Waals surface area contributed by atoms with Crippen molar-refractivity contribution in [1.29, 1.82) is 0 Å². The Kier molecular flexibility index (Phi) is 2.28. The predicted octanol–water partition coefficient (Wildman–Crippen LogP) is 0.354. The lowest BCUT2D eigenvalue weighted by Crippen LogP contribution is -2.12. The number of aryl methyl sites for hydroxylation is 1. The van der Waals surface area contributed by atoms with Crippen LogP contribution in [0.15, 0.2) is 10.6 Å². The molecule has 0 saturated heterocycles. The summed E-state index contributed by atoms with van der Waals surface area (Å²) in [6.45, 7) is 3.18. The van der Waals surface area contributed by atoms with Crippen molar-refractivity contribution in [2.24, 2.45) is 5.73 Å². The summed E-state index contributed by atoms with van der Waals surface area (Å²) in [7, 11) is 0. The van der Waals surface area contributed by atoms with Crippen LogP contribution in [0.1, 0.15) is 5.76 Å². The molecule has 0 fully saturated rings. The first kappa shape index (κ1) is 7.08. The molecule has 1 heterocycles. The monoisotopic (exact) mass is 141 g/mol. The highest BCUT2D eigenvalue weighted by Crippen LogP contribution is 2.05. The van der Waals surface area contributed by atoms with E-state index in [4.69, 9.17) is 10.3 Å². The summed E-state index contributed by atoms with van der Waals surface area (Å²) in [6, 6.07) is 1.83. The zero-order valence-electron chi connectivity index (χ0n) is 5.92. The maximum Gasteiger partial charge on any atom is 0.169 e. The van der Waals surface area contributed by atoms with Gasteiger partial charge in [-0.15, -0.1) is 0 Å². The Hall–Kier alpha value is -1.03. The molecule has 3 N–H and O–H groups in total. The molecule has 0 spiro atoms. The van der Waals surface area contributed by atoms with Crippen LogP contribution >= 0.6 is 0 Å². The lowest BCUT2D eigenvalue weighted by atomic mass is 10.5. The second-order valence-electron chi connectivity index (χ2n) is 2.04. The number of anilines is 1. The fourth-order valence-corrected chi connectivity index (χ4v) is 0.650. The highest BCUT2D eigenvalue weighted by Gasteiger charge is 1.95. The zero-order valence-corrected chi connectivity index (χ0v) is 5.92. The van der Waals surface area contributed by atoms with Crippen molar-refractivity contribution in [3.8, 4) is 0 Å². The van der Waals surface area contributed by atoms with Crippen molar-refractivity contribution < 1.29 is 4.52 Å². The van der Waals surface area contributed by atoms with Gasteiger partial charge in [0.2, 0.25) is 0 Å². The van der Waals surface area contributed by atoms with E-state index in [-0.39, 0.29) is 0 Å². The second kappa shape index (κ2) is 3.22. The fourth-order valence-electron chi connectivity index (χ4n) is 0.650. The molecule has 0 atom stereocenters. The molecule has 56 valence electrons. The van der Waals surface area contributed by atoms with Crippen molar-refractivity contribution in [3.05, 3.63) is 11.8 Å². The average molecular weight is 141 g/mol. The standard InChI is InChI=1S/C6H11N3O/c1-5-4-6(9-10-5)8-3-2-7/h4H,2-3,7H2,1H3,(H,8,9). The normalized spacial score (nSPS) is 9.80. The van der Waals surface area contributed by atoms with Crippen molar-refractivity contribution in [2.75, 3.05) is 18.4 Å². The number of rotatable bonds is 3. The summed E-state index contributed by atoms with van der Waals surface area (Å²) in [5.74, 6) is 1.56. The summed E-state index contributed by atoms with van der Waals surface area (Å²) >= 11 is 0. The minimum absolute atomic E-state index is 0.603. The van der Waals surface area contributed by atoms with Crippen LogP contribution in [-0.2, 0) is 0 Å². The third kappa shape index (κ3) is 1.73. The topological polar surface area (TPSA) is 64.1 Å². The van der Waals surface area contributed by atoms with Gasteiger partial charge in [0, 0.05) is 19.2 Å². The molecule has 4 nitrogen and oxygen atoms in total. The van der Waals surface area contributed by atoms with E-state index in [9.17, 15) is 0 Å². The van der Waals surface area contributed by atoms with Gasteiger partial charge >= 0.3 is 0 Å². The van der Waals surface area contributed by atoms with Crippen LogP contribution in [0.25, 0.3) is 0 Å². The van der Waals surface area contributed by atoms with Gasteiger partial charge in [-0.3, -0.25) is 0 Å². The van der Waals surface area contributed by atoms with Crippen LogP contribution in [0.2, 0.25) is 0 Å². The van der Waals surface area contributed by atoms with Crippen LogP contribution < -0.4 is 11.1 Å². The SMILES string of the molecule is Cc1cc(NCCN)no1. The van der Waals surface area contributed by atoms with Gasteiger partial charge in [-0.2, -0.15) is 0 Å². The van der Waals surface area contributed by atoms with Crippen molar-refractivity contribution in [3.63, 3.8) is 0 Å². The molecule has 0 bridgehead atoms. The number of hydrogen-bond acceptors (Lipinski definition) is 4. The first-order valence-corrected chi connectivity index (χ1v) is 3.20. The fraction of sp³-hybridized carbons (Fsp3) is 0.500. The van der Waals surface area contributed by atoms with E-state index in [1.165, 1.54) is 0 Å². The molecule has 10 heavy (non-hydrogen) atoms. The van der Waals surface area contributed by atoms with Crippen molar-refractivity contribution in [1.82, 2.24) is 5.16 Å². The van der Waals surface area contributed by atoms with Crippen molar-refractivity contribution in [2.45, 2.75) is 6.92 Å². The van der Waals surface area contributed by atoms with Crippen LogP contribution in [0, 0.1) is 6.92 Å². The van der Waals surface area contributed by atoms with Gasteiger partial charge in [0.15, 0.2) is 5.82 Å². The molecular formula is C6H11N3O. The van der Waals surface area contributed by atoms with E-state index in [0.717, 1.165) is 18.1 Å². The molecule has 0 radical (unpaired) electrons. The quantitative estimate of drug-likeness (QED) is 0.637. The molecule has 4 heteroatoms. The Morgan fingerprint density at radius 2 is 2.60 bits per heavy atom. The van der Waals surface area contributed by atoms with Crippen LogP contribution in [0.5, 0.6) is 0 Å². The van der Waals surface area contributed by atoms with E-state index in [2.05, 4.69) is 10.5 Å². The second-order valence-corrected chi connectivity index (χ2v) is 2.04. The highest BCUT2D eigenvalue weighted by atomic mass is 16.5. The largest absolute Gasteiger partial charge is 0.366 e. The minimum Gasteiger partial charge on any atom is -0.366 e. The van der Waals surface area contributed by atoms with E-state index >= 15 is 0 Å². The lowest BCUT2D eigenvalue weighted by molar-refractivity contribution is 0.400. The van der Waals surface area contributed by atoms with E-state index in [1.807, 2.05) is 13.0 Å². The van der Waals surface area contributed by atoms with Gasteiger partial charge in [0.25, 0.3) is 0 Å². The molecule has 0 aliphatic heterocycles. The molecule has 1 rings (SSSR count). The van der Waals surface area contributed by atoms with Crippen LogP contribution in [0.3, 0.4) is 0 Å². The third-order valence-electron chi connectivity index (χ3n) is 1.08. The molecular weight excluding hydrogens is 130 g/mol. The number of nitrogens with one attached hydrogen (secondary N) is 1. The molecule has 0 amide bonds. The van der Waals surface area contributed by atoms with E-state index in [0.29, 0.717) is 6.54 Å². The predicted molar refractivity (Wildman–Crippen MR) is 38.8 cm³/mol. The summed E-state index contributed by atoms with van der Waals surface area (Å²) < 4.78 is 4.81. The van der Waals surface area contributed by atoms with E-state index in [1.54, 1.807) is 0 Å². The summed E-state index contributed by atoms with van der Waals surface area (Å²) in [5.41, 5.74) is 5.26. The van der Waals surface area contributed by atoms with Crippen LogP contribution in [0.4, 0.5) is 5.82 Å². The van der Waals surface area contributed by atoms with Gasteiger partial charge in [-0.1, -0.05) is 5.16 Å². The number of hydrogen-bond donors (Lipinski definition) is 2. The van der Waals surface area contributed by atoms with Crippen LogP contribution in [-0.4, -0.2) is 18.2 Å². The maximum absolute atomic E-state index is 5.26. The average Bonchev–Trinajstić information content (AvgIpc) is 2.31. The van der Waals surface area contributed by atoms with Gasteiger partial charge in [0.05, 0.1) is 0 Å². The summed E-state index contributed by atoms with van der Waals surface area (Å²) in [5, 5.41) is 6.70. The molecule has 0 unspecified atom stereocenters. The Bertz CT molecular complexity index is 197. The smallest absolute Gasteiger partial charge is 0.169 e. The summed E-state index contributed by atoms with van der Waals surface area (Å²) in [4.78, 5) is 0. The molecule has 0 aliphatic rings. The Morgan fingerprint density at radius 1 is 1.80 bits per heavy atom. The van der Waals surface area contributed by atoms with Crippen molar-refractivity contribution >= 4 is 5.82 Å². The molecule has 0 aliphatic carbocycles. The molecule has 0 aromatic carbocycles.